The van der Waals surface area contributed by atoms with E-state index in [4.69, 9.17) is 5.73 Å². The van der Waals surface area contributed by atoms with E-state index in [9.17, 15) is 4.39 Å². The van der Waals surface area contributed by atoms with Crippen molar-refractivity contribution in [3.05, 3.63) is 59.8 Å². The van der Waals surface area contributed by atoms with Gasteiger partial charge < -0.3 is 10.7 Å². The van der Waals surface area contributed by atoms with Crippen molar-refractivity contribution in [2.45, 2.75) is 13.5 Å². The zero-order chi connectivity index (χ0) is 19.3. The summed E-state index contributed by atoms with van der Waals surface area (Å²) in [6, 6.07) is 10.3. The van der Waals surface area contributed by atoms with Crippen molar-refractivity contribution in [2.24, 2.45) is 0 Å². The van der Waals surface area contributed by atoms with Gasteiger partial charge in [0.25, 0.3) is 0 Å². The first-order chi connectivity index (χ1) is 13.6. The summed E-state index contributed by atoms with van der Waals surface area (Å²) >= 11 is 0. The number of aryl methyl sites for hydroxylation is 1. The number of halogens is 1. The average molecular weight is 374 g/mol. The molecule has 5 rings (SSSR count). The van der Waals surface area contributed by atoms with Crippen LogP contribution in [-0.2, 0) is 6.54 Å². The second kappa shape index (κ2) is 6.08. The van der Waals surface area contributed by atoms with Crippen LogP contribution in [0.25, 0.3) is 33.7 Å². The number of nitrogens with one attached hydrogen (secondary N) is 1. The highest BCUT2D eigenvalue weighted by molar-refractivity contribution is 5.91. The molecular formula is C19H15FN8. The number of rotatable bonds is 3. The number of hydrogen-bond acceptors (Lipinski definition) is 6. The minimum absolute atomic E-state index is 0.236. The van der Waals surface area contributed by atoms with Gasteiger partial charge in [-0.2, -0.15) is 5.10 Å². The fourth-order valence-corrected chi connectivity index (χ4v) is 3.21. The second-order valence-electron chi connectivity index (χ2n) is 6.43. The Kier molecular flexibility index (Phi) is 3.54. The number of aromatic nitrogens is 7. The number of fused-ring (bicyclic) bond motifs is 2. The summed E-state index contributed by atoms with van der Waals surface area (Å²) in [5.74, 6) is 1.05. The van der Waals surface area contributed by atoms with Gasteiger partial charge >= 0.3 is 0 Å². The van der Waals surface area contributed by atoms with E-state index in [-0.39, 0.29) is 12.4 Å². The van der Waals surface area contributed by atoms with Crippen molar-refractivity contribution in [3.63, 3.8) is 0 Å². The number of anilines is 1. The molecule has 0 radical (unpaired) electrons. The van der Waals surface area contributed by atoms with E-state index in [0.29, 0.717) is 45.5 Å². The molecule has 138 valence electrons. The molecule has 5 aromatic rings. The van der Waals surface area contributed by atoms with E-state index in [2.05, 4.69) is 30.0 Å². The molecule has 0 bridgehead atoms. The van der Waals surface area contributed by atoms with Gasteiger partial charge in [-0.05, 0) is 25.1 Å². The molecule has 0 saturated carbocycles. The number of nitrogens with two attached hydrogens (primary N) is 1. The first-order valence-electron chi connectivity index (χ1n) is 8.65. The zero-order valence-corrected chi connectivity index (χ0v) is 14.9. The van der Waals surface area contributed by atoms with Crippen molar-refractivity contribution in [1.82, 2.24) is 34.7 Å². The molecule has 0 spiro atoms. The van der Waals surface area contributed by atoms with E-state index in [0.717, 1.165) is 5.39 Å². The Morgan fingerprint density at radius 3 is 2.82 bits per heavy atom. The normalized spacial score (nSPS) is 11.5. The third-order valence-electron chi connectivity index (χ3n) is 4.49. The number of benzene rings is 1. The average Bonchev–Trinajstić information content (AvgIpc) is 3.24. The van der Waals surface area contributed by atoms with Crippen LogP contribution in [0, 0.1) is 12.7 Å². The number of H-pyrrole nitrogens is 1. The highest BCUT2D eigenvalue weighted by atomic mass is 19.1. The van der Waals surface area contributed by atoms with E-state index in [1.54, 1.807) is 29.1 Å². The molecule has 0 fully saturated rings. The van der Waals surface area contributed by atoms with Crippen LogP contribution < -0.4 is 5.73 Å². The molecule has 0 amide bonds. The molecule has 4 heterocycles. The third kappa shape index (κ3) is 2.56. The molecule has 8 nitrogen and oxygen atoms in total. The van der Waals surface area contributed by atoms with Gasteiger partial charge in [0.05, 0.1) is 11.9 Å². The van der Waals surface area contributed by atoms with Crippen LogP contribution in [0.3, 0.4) is 0 Å². The Balaban J connectivity index is 1.70. The Labute approximate surface area is 158 Å². The number of hydrogen-bond donors (Lipinski definition) is 2. The van der Waals surface area contributed by atoms with Crippen molar-refractivity contribution in [3.8, 4) is 11.5 Å². The van der Waals surface area contributed by atoms with Crippen molar-refractivity contribution >= 4 is 28.0 Å². The smallest absolute Gasteiger partial charge is 0.185 e. The number of aromatic amines is 1. The van der Waals surface area contributed by atoms with Crippen LogP contribution in [0.4, 0.5) is 10.2 Å². The fraction of sp³-hybridized carbons (Fsp3) is 0.105. The van der Waals surface area contributed by atoms with Gasteiger partial charge in [0.1, 0.15) is 22.9 Å². The van der Waals surface area contributed by atoms with Gasteiger partial charge in [-0.25, -0.2) is 29.0 Å². The minimum atomic E-state index is -0.294. The summed E-state index contributed by atoms with van der Waals surface area (Å²) < 4.78 is 15.8. The van der Waals surface area contributed by atoms with Gasteiger partial charge in [0.15, 0.2) is 22.9 Å². The van der Waals surface area contributed by atoms with Crippen LogP contribution >= 0.6 is 0 Å². The van der Waals surface area contributed by atoms with Gasteiger partial charge in [0, 0.05) is 11.8 Å². The topological polar surface area (TPSA) is 111 Å². The Morgan fingerprint density at radius 1 is 1.11 bits per heavy atom. The summed E-state index contributed by atoms with van der Waals surface area (Å²) in [5, 5.41) is 5.37. The summed E-state index contributed by atoms with van der Waals surface area (Å²) in [7, 11) is 0. The molecule has 1 aromatic carbocycles. The van der Waals surface area contributed by atoms with Crippen molar-refractivity contribution < 1.29 is 4.39 Å². The van der Waals surface area contributed by atoms with Crippen LogP contribution in [0.2, 0.25) is 0 Å². The summed E-state index contributed by atoms with van der Waals surface area (Å²) in [6.45, 7) is 2.06. The van der Waals surface area contributed by atoms with E-state index in [1.807, 2.05) is 19.1 Å². The Bertz CT molecular complexity index is 1340. The lowest BCUT2D eigenvalue weighted by Crippen LogP contribution is -2.05. The van der Waals surface area contributed by atoms with Gasteiger partial charge in [-0.1, -0.05) is 18.2 Å². The third-order valence-corrected chi connectivity index (χ3v) is 4.49. The second-order valence-corrected chi connectivity index (χ2v) is 6.43. The van der Waals surface area contributed by atoms with E-state index >= 15 is 0 Å². The number of pyridine rings is 1. The zero-order valence-electron chi connectivity index (χ0n) is 14.9. The monoisotopic (exact) mass is 374 g/mol. The van der Waals surface area contributed by atoms with E-state index in [1.165, 1.54) is 6.07 Å². The van der Waals surface area contributed by atoms with Crippen LogP contribution in [0.5, 0.6) is 0 Å². The molecule has 0 unspecified atom stereocenters. The number of imidazole rings is 1. The summed E-state index contributed by atoms with van der Waals surface area (Å²) in [6.07, 6.45) is 1.67. The van der Waals surface area contributed by atoms with Crippen LogP contribution in [-0.4, -0.2) is 34.7 Å². The summed E-state index contributed by atoms with van der Waals surface area (Å²) in [4.78, 5) is 20.7. The molecule has 28 heavy (non-hydrogen) atoms. The maximum Gasteiger partial charge on any atom is 0.185 e. The molecule has 3 N–H and O–H groups in total. The predicted octanol–water partition coefficient (Wildman–Crippen LogP) is 2.84. The lowest BCUT2D eigenvalue weighted by molar-refractivity contribution is 0.589. The molecule has 0 aliphatic carbocycles. The number of nitrogen functional groups attached to an aromatic ring is 1. The molecule has 0 aliphatic rings. The molecule has 0 saturated heterocycles. The van der Waals surface area contributed by atoms with Crippen molar-refractivity contribution in [2.75, 3.05) is 5.73 Å². The van der Waals surface area contributed by atoms with Gasteiger partial charge in [-0.3, -0.25) is 0 Å². The summed E-state index contributed by atoms with van der Waals surface area (Å²) in [5.41, 5.74) is 8.80. The predicted molar refractivity (Wildman–Crippen MR) is 103 cm³/mol. The van der Waals surface area contributed by atoms with Gasteiger partial charge in [0.2, 0.25) is 0 Å². The molecule has 0 aliphatic heterocycles. The van der Waals surface area contributed by atoms with Crippen LogP contribution in [0.15, 0.2) is 42.6 Å². The molecule has 9 heteroatoms. The lowest BCUT2D eigenvalue weighted by atomic mass is 10.2. The largest absolute Gasteiger partial charge is 0.382 e. The highest BCUT2D eigenvalue weighted by Gasteiger charge is 2.19. The first kappa shape index (κ1) is 16.3. The molecule has 4 aromatic heterocycles. The van der Waals surface area contributed by atoms with Gasteiger partial charge in [-0.15, -0.1) is 0 Å². The Hall–Kier alpha value is -3.88. The maximum atomic E-state index is 14.1. The molecular weight excluding hydrogens is 359 g/mol. The Morgan fingerprint density at radius 2 is 1.96 bits per heavy atom. The molecule has 0 atom stereocenters. The van der Waals surface area contributed by atoms with Crippen LogP contribution in [0.1, 0.15) is 11.4 Å². The van der Waals surface area contributed by atoms with E-state index < -0.39 is 0 Å². The standard InChI is InChI=1S/C19H15FN8/c1-10-23-15-16(21)25-17(26-18(15)24-10)14-12-6-4-8-22-19(12)28(27-14)9-11-5-2-3-7-13(11)20/h2-8H,9H2,1H3,(H3,21,23,24,25,26). The lowest BCUT2D eigenvalue weighted by Gasteiger charge is -2.04. The highest BCUT2D eigenvalue weighted by Crippen LogP contribution is 2.27. The maximum absolute atomic E-state index is 14.1. The quantitative estimate of drug-likeness (QED) is 0.502. The SMILES string of the molecule is Cc1nc2nc(-c3nn(Cc4ccccc4F)c4ncccc34)nc(N)c2[nH]1. The first-order valence-corrected chi connectivity index (χ1v) is 8.65. The number of nitrogens with zero attached hydrogens (tertiary/aromatic N) is 6. The van der Waals surface area contributed by atoms with Crippen molar-refractivity contribution in [1.29, 1.82) is 0 Å². The fourth-order valence-electron chi connectivity index (χ4n) is 3.21. The minimum Gasteiger partial charge on any atom is -0.382 e.